The van der Waals surface area contributed by atoms with E-state index in [9.17, 15) is 9.59 Å². The number of hydrogen-bond acceptors (Lipinski definition) is 4. The molecule has 1 N–H and O–H groups in total. The predicted octanol–water partition coefficient (Wildman–Crippen LogP) is 2.40. The van der Waals surface area contributed by atoms with Gasteiger partial charge in [-0.25, -0.2) is 0 Å². The Balaban J connectivity index is 2.68. The second-order valence-corrected chi connectivity index (χ2v) is 6.09. The summed E-state index contributed by atoms with van der Waals surface area (Å²) in [7, 11) is 4.97. The molecule has 6 nitrogen and oxygen atoms in total. The van der Waals surface area contributed by atoms with Gasteiger partial charge in [0.1, 0.15) is 6.04 Å². The van der Waals surface area contributed by atoms with E-state index in [-0.39, 0.29) is 11.8 Å². The molecule has 0 aromatic heterocycles. The molecule has 6 heteroatoms. The van der Waals surface area contributed by atoms with Crippen LogP contribution in [-0.2, 0) is 16.0 Å². The van der Waals surface area contributed by atoms with Crippen LogP contribution in [0.2, 0.25) is 0 Å². The Labute approximate surface area is 150 Å². The lowest BCUT2D eigenvalue weighted by atomic mass is 10.1. The molecule has 0 heterocycles. The first-order valence-corrected chi connectivity index (χ1v) is 8.65. The molecule has 0 fully saturated rings. The number of hydrogen-bond donors (Lipinski definition) is 1. The van der Waals surface area contributed by atoms with Crippen LogP contribution in [0.5, 0.6) is 11.5 Å². The number of carbonyl (C=O) groups excluding carboxylic acids is 2. The Morgan fingerprint density at radius 3 is 2.44 bits per heavy atom. The Bertz CT molecular complexity index is 575. The number of nitrogens with zero attached hydrogens (tertiary/aromatic N) is 1. The molecule has 0 bridgehead atoms. The van der Waals surface area contributed by atoms with Gasteiger partial charge in [0.05, 0.1) is 14.2 Å². The van der Waals surface area contributed by atoms with Gasteiger partial charge < -0.3 is 19.7 Å². The van der Waals surface area contributed by atoms with E-state index in [0.29, 0.717) is 30.9 Å². The minimum absolute atomic E-state index is 0.0517. The van der Waals surface area contributed by atoms with Gasteiger partial charge in [0, 0.05) is 20.5 Å². The van der Waals surface area contributed by atoms with Crippen molar-refractivity contribution in [3.8, 4) is 11.5 Å². The number of benzene rings is 1. The average molecular weight is 350 g/mol. The second-order valence-electron chi connectivity index (χ2n) is 6.09. The maximum atomic E-state index is 12.6. The standard InChI is InChI=1S/C19H30N2O4/c1-6-7-8-16(20-14(2)22)19(23)21(3)12-11-15-9-10-17(24-4)18(13-15)25-5/h9-10,13,16H,6-8,11-12H2,1-5H3,(H,20,22). The molecule has 0 aliphatic rings. The van der Waals surface area contributed by atoms with Gasteiger partial charge in [-0.3, -0.25) is 9.59 Å². The molecule has 0 aliphatic heterocycles. The van der Waals surface area contributed by atoms with Crippen molar-refractivity contribution in [2.24, 2.45) is 0 Å². The number of amides is 2. The topological polar surface area (TPSA) is 67.9 Å². The van der Waals surface area contributed by atoms with E-state index in [1.54, 1.807) is 26.2 Å². The third-order valence-corrected chi connectivity index (χ3v) is 4.08. The molecule has 1 aromatic rings. The number of carbonyl (C=O) groups is 2. The zero-order chi connectivity index (χ0) is 18.8. The molecular formula is C19H30N2O4. The maximum absolute atomic E-state index is 12.6. The summed E-state index contributed by atoms with van der Waals surface area (Å²) in [6, 6.07) is 5.28. The third kappa shape index (κ3) is 6.64. The minimum atomic E-state index is -0.451. The molecule has 0 saturated carbocycles. The minimum Gasteiger partial charge on any atom is -0.493 e. The van der Waals surface area contributed by atoms with Gasteiger partial charge in [0.2, 0.25) is 11.8 Å². The molecule has 25 heavy (non-hydrogen) atoms. The SMILES string of the molecule is CCCCC(NC(C)=O)C(=O)N(C)CCc1ccc(OC)c(OC)c1. The van der Waals surface area contributed by atoms with Crippen LogP contribution in [0.1, 0.15) is 38.7 Å². The van der Waals surface area contributed by atoms with Crippen molar-refractivity contribution < 1.29 is 19.1 Å². The number of rotatable bonds is 10. The summed E-state index contributed by atoms with van der Waals surface area (Å²) in [5.41, 5.74) is 1.06. The molecule has 140 valence electrons. The number of unbranched alkanes of at least 4 members (excludes halogenated alkanes) is 1. The van der Waals surface area contributed by atoms with Gasteiger partial charge in [0.15, 0.2) is 11.5 Å². The van der Waals surface area contributed by atoms with Gasteiger partial charge in [-0.2, -0.15) is 0 Å². The highest BCUT2D eigenvalue weighted by Crippen LogP contribution is 2.27. The van der Waals surface area contributed by atoms with Crippen molar-refractivity contribution in [3.63, 3.8) is 0 Å². The lowest BCUT2D eigenvalue weighted by Crippen LogP contribution is -2.47. The van der Waals surface area contributed by atoms with Crippen LogP contribution in [-0.4, -0.2) is 50.6 Å². The lowest BCUT2D eigenvalue weighted by molar-refractivity contribution is -0.135. The smallest absolute Gasteiger partial charge is 0.244 e. The van der Waals surface area contributed by atoms with Crippen LogP contribution in [0.25, 0.3) is 0 Å². The summed E-state index contributed by atoms with van der Waals surface area (Å²) in [6.07, 6.45) is 3.25. The van der Waals surface area contributed by atoms with Crippen LogP contribution in [0.4, 0.5) is 0 Å². The van der Waals surface area contributed by atoms with Crippen LogP contribution < -0.4 is 14.8 Å². The van der Waals surface area contributed by atoms with Crippen molar-refractivity contribution >= 4 is 11.8 Å². The summed E-state index contributed by atoms with van der Waals surface area (Å²) in [4.78, 5) is 25.6. The zero-order valence-corrected chi connectivity index (χ0v) is 15.9. The fourth-order valence-electron chi connectivity index (χ4n) is 2.62. The van der Waals surface area contributed by atoms with E-state index in [0.717, 1.165) is 18.4 Å². The normalized spacial score (nSPS) is 11.6. The molecular weight excluding hydrogens is 320 g/mol. The summed E-state index contributed by atoms with van der Waals surface area (Å²) >= 11 is 0. The molecule has 0 radical (unpaired) electrons. The fourth-order valence-corrected chi connectivity index (χ4v) is 2.62. The Morgan fingerprint density at radius 1 is 1.20 bits per heavy atom. The second kappa shape index (κ2) is 10.6. The van der Waals surface area contributed by atoms with Gasteiger partial charge in [-0.1, -0.05) is 25.8 Å². The van der Waals surface area contributed by atoms with Crippen LogP contribution in [0.3, 0.4) is 0 Å². The van der Waals surface area contributed by atoms with E-state index in [4.69, 9.17) is 9.47 Å². The van der Waals surface area contributed by atoms with Crippen LogP contribution >= 0.6 is 0 Å². The van der Waals surface area contributed by atoms with Crippen molar-refractivity contribution in [1.82, 2.24) is 10.2 Å². The van der Waals surface area contributed by atoms with Crippen LogP contribution in [0, 0.1) is 0 Å². The van der Waals surface area contributed by atoms with Gasteiger partial charge in [-0.15, -0.1) is 0 Å². The zero-order valence-electron chi connectivity index (χ0n) is 15.9. The van der Waals surface area contributed by atoms with E-state index in [1.165, 1.54) is 6.92 Å². The highest BCUT2D eigenvalue weighted by atomic mass is 16.5. The van der Waals surface area contributed by atoms with E-state index in [1.807, 2.05) is 18.2 Å². The first kappa shape index (κ1) is 20.8. The van der Waals surface area contributed by atoms with Crippen molar-refractivity contribution in [3.05, 3.63) is 23.8 Å². The maximum Gasteiger partial charge on any atom is 0.244 e. The molecule has 2 amide bonds. The molecule has 1 atom stereocenters. The number of nitrogens with one attached hydrogen (secondary N) is 1. The van der Waals surface area contributed by atoms with Gasteiger partial charge >= 0.3 is 0 Å². The van der Waals surface area contributed by atoms with E-state index in [2.05, 4.69) is 12.2 Å². The lowest BCUT2D eigenvalue weighted by Gasteiger charge is -2.24. The Morgan fingerprint density at radius 2 is 1.88 bits per heavy atom. The number of ether oxygens (including phenoxy) is 2. The predicted molar refractivity (Wildman–Crippen MR) is 98.0 cm³/mol. The molecule has 1 unspecified atom stereocenters. The summed E-state index contributed by atoms with van der Waals surface area (Å²) in [5, 5.41) is 2.76. The summed E-state index contributed by atoms with van der Waals surface area (Å²) < 4.78 is 10.5. The number of likely N-dealkylation sites (N-methyl/N-ethyl adjacent to an activating group) is 1. The summed E-state index contributed by atoms with van der Waals surface area (Å²) in [5.74, 6) is 1.13. The molecule has 0 aliphatic carbocycles. The van der Waals surface area contributed by atoms with Crippen molar-refractivity contribution in [2.75, 3.05) is 27.8 Å². The third-order valence-electron chi connectivity index (χ3n) is 4.08. The Kier molecular flexibility index (Phi) is 8.81. The fraction of sp³-hybridized carbons (Fsp3) is 0.579. The molecule has 0 saturated heterocycles. The quantitative estimate of drug-likeness (QED) is 0.704. The van der Waals surface area contributed by atoms with Crippen molar-refractivity contribution in [1.29, 1.82) is 0 Å². The van der Waals surface area contributed by atoms with E-state index >= 15 is 0 Å². The molecule has 0 spiro atoms. The molecule has 1 aromatic carbocycles. The van der Waals surface area contributed by atoms with Gasteiger partial charge in [-0.05, 0) is 30.5 Å². The summed E-state index contributed by atoms with van der Waals surface area (Å²) in [6.45, 7) is 4.07. The average Bonchev–Trinajstić information content (AvgIpc) is 2.61. The van der Waals surface area contributed by atoms with Gasteiger partial charge in [0.25, 0.3) is 0 Å². The Hall–Kier alpha value is -2.24. The highest BCUT2D eigenvalue weighted by Gasteiger charge is 2.22. The van der Waals surface area contributed by atoms with Crippen molar-refractivity contribution in [2.45, 2.75) is 45.6 Å². The number of methoxy groups -OCH3 is 2. The van der Waals surface area contributed by atoms with E-state index < -0.39 is 6.04 Å². The largest absolute Gasteiger partial charge is 0.493 e. The first-order chi connectivity index (χ1) is 11.9. The molecule has 1 rings (SSSR count). The first-order valence-electron chi connectivity index (χ1n) is 8.65. The monoisotopic (exact) mass is 350 g/mol. The highest BCUT2D eigenvalue weighted by molar-refractivity contribution is 5.86. The van der Waals surface area contributed by atoms with Crippen LogP contribution in [0.15, 0.2) is 18.2 Å².